The summed E-state index contributed by atoms with van der Waals surface area (Å²) in [5.41, 5.74) is 1.98. The largest absolute Gasteiger partial charge is 0.494 e. The number of anilines is 1. The van der Waals surface area contributed by atoms with Gasteiger partial charge in [0.1, 0.15) is 16.3 Å². The van der Waals surface area contributed by atoms with Crippen LogP contribution in [0.2, 0.25) is 0 Å². The van der Waals surface area contributed by atoms with Crippen LogP contribution in [0, 0.1) is 17.2 Å². The molecule has 0 bridgehead atoms. The number of ether oxygens (including phenoxy) is 2. The monoisotopic (exact) mass is 469 g/mol. The highest BCUT2D eigenvalue weighted by atomic mass is 32.1. The molecule has 1 aliphatic rings. The maximum absolute atomic E-state index is 13.0. The summed E-state index contributed by atoms with van der Waals surface area (Å²) in [7, 11) is 0. The number of nitrogens with zero attached hydrogens (tertiary/aromatic N) is 2. The Hall–Kier alpha value is -2.89. The van der Waals surface area contributed by atoms with E-state index < -0.39 is 5.97 Å². The van der Waals surface area contributed by atoms with Gasteiger partial charge in [-0.15, -0.1) is 11.3 Å². The normalized spacial score (nSPS) is 16.1. The van der Waals surface area contributed by atoms with Crippen LogP contribution in [-0.2, 0) is 9.53 Å². The zero-order valence-electron chi connectivity index (χ0n) is 19.3. The van der Waals surface area contributed by atoms with Crippen molar-refractivity contribution in [3.8, 4) is 22.9 Å². The van der Waals surface area contributed by atoms with Gasteiger partial charge in [-0.05, 0) is 50.4 Å². The molecule has 0 aliphatic carbocycles. The van der Waals surface area contributed by atoms with Gasteiger partial charge in [-0.25, -0.2) is 4.79 Å². The fourth-order valence-corrected chi connectivity index (χ4v) is 4.87. The van der Waals surface area contributed by atoms with Crippen LogP contribution >= 0.6 is 11.3 Å². The molecule has 2 aromatic rings. The van der Waals surface area contributed by atoms with Crippen molar-refractivity contribution in [3.05, 3.63) is 35.2 Å². The third-order valence-electron chi connectivity index (χ3n) is 5.56. The molecule has 1 amide bonds. The van der Waals surface area contributed by atoms with E-state index in [2.05, 4.69) is 23.2 Å². The highest BCUT2D eigenvalue weighted by Gasteiger charge is 2.28. The lowest BCUT2D eigenvalue weighted by Crippen LogP contribution is -2.41. The summed E-state index contributed by atoms with van der Waals surface area (Å²) in [6.07, 6.45) is 3.09. The fraction of sp³-hybridized carbons (Fsp3) is 0.480. The van der Waals surface area contributed by atoms with E-state index in [4.69, 9.17) is 14.7 Å². The van der Waals surface area contributed by atoms with E-state index in [1.54, 1.807) is 6.92 Å². The predicted octanol–water partition coefficient (Wildman–Crippen LogP) is 4.94. The maximum atomic E-state index is 13.0. The molecule has 8 heteroatoms. The first-order valence-electron chi connectivity index (χ1n) is 11.5. The molecule has 1 saturated heterocycles. The summed E-state index contributed by atoms with van der Waals surface area (Å²) in [4.78, 5) is 28.0. The number of esters is 1. The highest BCUT2D eigenvalue weighted by molar-refractivity contribution is 7.15. The zero-order valence-corrected chi connectivity index (χ0v) is 20.1. The number of piperidine rings is 1. The van der Waals surface area contributed by atoms with Gasteiger partial charge in [-0.2, -0.15) is 5.26 Å². The molecule has 176 valence electrons. The molecule has 7 nitrogen and oxygen atoms in total. The van der Waals surface area contributed by atoms with Gasteiger partial charge in [0, 0.05) is 30.5 Å². The molecule has 1 atom stereocenters. The Bertz CT molecular complexity index is 981. The van der Waals surface area contributed by atoms with Gasteiger partial charge >= 0.3 is 5.97 Å². The summed E-state index contributed by atoms with van der Waals surface area (Å²) >= 11 is 1.33. The summed E-state index contributed by atoms with van der Waals surface area (Å²) in [5.74, 6) is 0.0573. The number of benzene rings is 1. The topological polar surface area (TPSA) is 91.7 Å². The number of thiophene rings is 1. The van der Waals surface area contributed by atoms with Crippen molar-refractivity contribution in [2.75, 3.05) is 38.2 Å². The molecule has 1 aliphatic heterocycles. The van der Waals surface area contributed by atoms with Crippen molar-refractivity contribution in [2.24, 2.45) is 5.92 Å². The number of hydrogen-bond donors (Lipinski definition) is 1. The third-order valence-corrected chi connectivity index (χ3v) is 6.46. The molecule has 0 radical (unpaired) electrons. The van der Waals surface area contributed by atoms with Crippen LogP contribution in [0.15, 0.2) is 29.6 Å². The molecule has 1 aromatic carbocycles. The van der Waals surface area contributed by atoms with Crippen LogP contribution in [0.5, 0.6) is 5.75 Å². The molecular formula is C25H31N3O4S. The summed E-state index contributed by atoms with van der Waals surface area (Å²) in [6, 6.07) is 9.75. The molecule has 1 unspecified atom stereocenters. The molecule has 2 heterocycles. The quantitative estimate of drug-likeness (QED) is 0.495. The molecule has 0 saturated carbocycles. The standard InChI is InChI=1S/C25H31N3O4S/c1-3-15-32-20-10-8-18(9-11-20)21-17-33-24(22(21)25(30)31-4-2)27-23(29)19-7-5-13-28(16-19)14-6-12-26/h8-11,17,19H,3-7,13-16H2,1-2H3,(H,27,29). The average Bonchev–Trinajstić information content (AvgIpc) is 3.25. The smallest absolute Gasteiger partial charge is 0.341 e. The Kier molecular flexibility index (Phi) is 9.28. The Morgan fingerprint density at radius 3 is 2.76 bits per heavy atom. The van der Waals surface area contributed by atoms with Gasteiger partial charge in [0.15, 0.2) is 0 Å². The predicted molar refractivity (Wildman–Crippen MR) is 130 cm³/mol. The Labute approximate surface area is 199 Å². The fourth-order valence-electron chi connectivity index (χ4n) is 3.91. The molecule has 1 fully saturated rings. The van der Waals surface area contributed by atoms with E-state index in [0.29, 0.717) is 36.7 Å². The van der Waals surface area contributed by atoms with Gasteiger partial charge in [0.2, 0.25) is 5.91 Å². The van der Waals surface area contributed by atoms with E-state index in [1.807, 2.05) is 29.6 Å². The summed E-state index contributed by atoms with van der Waals surface area (Å²) in [5, 5.41) is 14.2. The van der Waals surface area contributed by atoms with Crippen molar-refractivity contribution in [1.82, 2.24) is 4.90 Å². The number of amides is 1. The van der Waals surface area contributed by atoms with Crippen LogP contribution in [0.1, 0.15) is 49.9 Å². The van der Waals surface area contributed by atoms with Crippen molar-refractivity contribution in [1.29, 1.82) is 5.26 Å². The number of carbonyl (C=O) groups excluding carboxylic acids is 2. The second-order valence-corrected chi connectivity index (χ2v) is 8.86. The van der Waals surface area contributed by atoms with Crippen LogP contribution < -0.4 is 10.1 Å². The number of hydrogen-bond acceptors (Lipinski definition) is 7. The van der Waals surface area contributed by atoms with E-state index in [-0.39, 0.29) is 18.4 Å². The Morgan fingerprint density at radius 2 is 2.06 bits per heavy atom. The van der Waals surface area contributed by atoms with Crippen molar-refractivity contribution in [3.63, 3.8) is 0 Å². The van der Waals surface area contributed by atoms with Gasteiger partial charge in [-0.1, -0.05) is 19.1 Å². The lowest BCUT2D eigenvalue weighted by molar-refractivity contribution is -0.121. The average molecular weight is 470 g/mol. The van der Waals surface area contributed by atoms with Gasteiger partial charge in [0.05, 0.1) is 25.2 Å². The first-order chi connectivity index (χ1) is 16.1. The summed E-state index contributed by atoms with van der Waals surface area (Å²) < 4.78 is 11.0. The zero-order chi connectivity index (χ0) is 23.6. The maximum Gasteiger partial charge on any atom is 0.341 e. The van der Waals surface area contributed by atoms with Crippen LogP contribution in [0.25, 0.3) is 11.1 Å². The molecule has 3 rings (SSSR count). The SMILES string of the molecule is CCCOc1ccc(-c2csc(NC(=O)C3CCCN(CCC#N)C3)c2C(=O)OCC)cc1. The van der Waals surface area contributed by atoms with E-state index >= 15 is 0 Å². The molecule has 0 spiro atoms. The number of likely N-dealkylation sites (tertiary alicyclic amines) is 1. The lowest BCUT2D eigenvalue weighted by atomic mass is 9.97. The van der Waals surface area contributed by atoms with Crippen LogP contribution in [0.3, 0.4) is 0 Å². The first-order valence-corrected chi connectivity index (χ1v) is 12.4. The minimum atomic E-state index is -0.449. The van der Waals surface area contributed by atoms with E-state index in [1.165, 1.54) is 11.3 Å². The Balaban J connectivity index is 1.79. The minimum absolute atomic E-state index is 0.0982. The van der Waals surface area contributed by atoms with E-state index in [9.17, 15) is 9.59 Å². The highest BCUT2D eigenvalue weighted by Crippen LogP contribution is 2.37. The number of nitriles is 1. The molecule has 1 aromatic heterocycles. The van der Waals surface area contributed by atoms with Crippen molar-refractivity contribution in [2.45, 2.75) is 39.5 Å². The van der Waals surface area contributed by atoms with Gasteiger partial charge in [-0.3, -0.25) is 4.79 Å². The van der Waals surface area contributed by atoms with Crippen LogP contribution in [0.4, 0.5) is 5.00 Å². The second-order valence-electron chi connectivity index (χ2n) is 7.98. The van der Waals surface area contributed by atoms with Crippen LogP contribution in [-0.4, -0.2) is 49.6 Å². The number of carbonyl (C=O) groups is 2. The third kappa shape index (κ3) is 6.56. The van der Waals surface area contributed by atoms with Crippen molar-refractivity contribution < 1.29 is 19.1 Å². The molecular weight excluding hydrogens is 438 g/mol. The number of nitrogens with one attached hydrogen (secondary N) is 1. The first kappa shape index (κ1) is 24.7. The van der Waals surface area contributed by atoms with Gasteiger partial charge in [0.25, 0.3) is 0 Å². The van der Waals surface area contributed by atoms with E-state index in [0.717, 1.165) is 42.7 Å². The Morgan fingerprint density at radius 1 is 1.27 bits per heavy atom. The van der Waals surface area contributed by atoms with Gasteiger partial charge < -0.3 is 19.7 Å². The molecule has 33 heavy (non-hydrogen) atoms. The lowest BCUT2D eigenvalue weighted by Gasteiger charge is -2.31. The summed E-state index contributed by atoms with van der Waals surface area (Å²) in [6.45, 7) is 6.92. The molecule has 1 N–H and O–H groups in total. The minimum Gasteiger partial charge on any atom is -0.494 e. The second kappa shape index (κ2) is 12.4. The van der Waals surface area contributed by atoms with Crippen molar-refractivity contribution >= 4 is 28.2 Å². The number of rotatable bonds is 10.